The van der Waals surface area contributed by atoms with Crippen LogP contribution in [0.1, 0.15) is 10.5 Å². The predicted molar refractivity (Wildman–Crippen MR) is 54.8 cm³/mol. The van der Waals surface area contributed by atoms with Gasteiger partial charge in [-0.1, -0.05) is 0 Å². The van der Waals surface area contributed by atoms with E-state index in [0.29, 0.717) is 0 Å². The first-order valence-corrected chi connectivity index (χ1v) is 5.59. The van der Waals surface area contributed by atoms with Gasteiger partial charge in [0.25, 0.3) is 5.91 Å². The van der Waals surface area contributed by atoms with Crippen molar-refractivity contribution in [2.24, 2.45) is 12.8 Å². The number of aryl methyl sites for hydroxylation is 1. The highest BCUT2D eigenvalue weighted by Crippen LogP contribution is 2.15. The average molecular weight is 231 g/mol. The number of hydrogen-bond donors (Lipinski definition) is 1. The van der Waals surface area contributed by atoms with Gasteiger partial charge in [0.1, 0.15) is 10.6 Å². The lowest BCUT2D eigenvalue weighted by Crippen LogP contribution is -2.21. The molecule has 6 nitrogen and oxygen atoms in total. The van der Waals surface area contributed by atoms with E-state index in [1.807, 2.05) is 0 Å². The van der Waals surface area contributed by atoms with Crippen LogP contribution in [-0.4, -0.2) is 37.3 Å². The highest BCUT2D eigenvalue weighted by atomic mass is 32.2. The van der Waals surface area contributed by atoms with Gasteiger partial charge in [-0.3, -0.25) is 4.79 Å². The van der Waals surface area contributed by atoms with Crippen LogP contribution < -0.4 is 5.73 Å². The number of nitrogens with two attached hydrogens (primary N) is 1. The second-order valence-electron chi connectivity index (χ2n) is 3.32. The van der Waals surface area contributed by atoms with E-state index in [-0.39, 0.29) is 10.6 Å². The molecule has 0 bridgehead atoms. The number of sulfonamides is 1. The zero-order chi connectivity index (χ0) is 11.8. The van der Waals surface area contributed by atoms with E-state index < -0.39 is 15.9 Å². The molecule has 0 atom stereocenters. The number of hydrogen-bond acceptors (Lipinski definition) is 3. The lowest BCUT2D eigenvalue weighted by molar-refractivity contribution is 0.0992. The van der Waals surface area contributed by atoms with Gasteiger partial charge in [-0.2, -0.15) is 0 Å². The molecule has 2 N–H and O–H groups in total. The fourth-order valence-electron chi connectivity index (χ4n) is 1.13. The highest BCUT2D eigenvalue weighted by molar-refractivity contribution is 7.89. The minimum atomic E-state index is -3.51. The van der Waals surface area contributed by atoms with Crippen LogP contribution in [0.25, 0.3) is 0 Å². The number of carbonyl (C=O) groups excluding carboxylic acids is 1. The molecule has 1 heterocycles. The summed E-state index contributed by atoms with van der Waals surface area (Å²) < 4.78 is 25.8. The Labute approximate surface area is 88.3 Å². The molecule has 1 amide bonds. The Morgan fingerprint density at radius 1 is 1.47 bits per heavy atom. The summed E-state index contributed by atoms with van der Waals surface area (Å²) in [5.74, 6) is -0.655. The van der Waals surface area contributed by atoms with Crippen LogP contribution in [0, 0.1) is 0 Å². The molecule has 0 radical (unpaired) electrons. The first-order chi connectivity index (χ1) is 6.76. The maximum atomic E-state index is 11.7. The van der Waals surface area contributed by atoms with Gasteiger partial charge < -0.3 is 10.3 Å². The minimum absolute atomic E-state index is 0.0591. The quantitative estimate of drug-likeness (QED) is 0.751. The molecule has 0 aliphatic heterocycles. The summed E-state index contributed by atoms with van der Waals surface area (Å²) in [4.78, 5) is 11.0. The molecule has 1 aromatic rings. The molecular formula is C8H13N3O3S. The van der Waals surface area contributed by atoms with Crippen molar-refractivity contribution in [1.29, 1.82) is 0 Å². The molecule has 84 valence electrons. The standard InChI is InChI=1S/C8H13N3O3S/c1-10(2)15(13,14)6-4-7(8(9)12)11(3)5-6/h4-5H,1-3H3,(H2,9,12). The van der Waals surface area contributed by atoms with Crippen molar-refractivity contribution in [3.8, 4) is 0 Å². The molecule has 1 rings (SSSR count). The zero-order valence-corrected chi connectivity index (χ0v) is 9.58. The molecule has 0 spiro atoms. The van der Waals surface area contributed by atoms with Crippen LogP contribution in [0.2, 0.25) is 0 Å². The van der Waals surface area contributed by atoms with E-state index in [1.165, 1.54) is 30.9 Å². The summed E-state index contributed by atoms with van der Waals surface area (Å²) in [6, 6.07) is 1.26. The van der Waals surface area contributed by atoms with Gasteiger partial charge in [0.2, 0.25) is 10.0 Å². The van der Waals surface area contributed by atoms with Crippen LogP contribution in [0.3, 0.4) is 0 Å². The molecule has 0 saturated heterocycles. The number of amides is 1. The van der Waals surface area contributed by atoms with Gasteiger partial charge in [0, 0.05) is 27.3 Å². The van der Waals surface area contributed by atoms with Crippen LogP contribution in [-0.2, 0) is 17.1 Å². The Morgan fingerprint density at radius 3 is 2.33 bits per heavy atom. The van der Waals surface area contributed by atoms with E-state index in [1.54, 1.807) is 7.05 Å². The molecule has 0 aliphatic rings. The fourth-order valence-corrected chi connectivity index (χ4v) is 2.10. The fraction of sp³-hybridized carbons (Fsp3) is 0.375. The monoisotopic (exact) mass is 231 g/mol. The number of aromatic nitrogens is 1. The third kappa shape index (κ3) is 2.02. The molecule has 7 heteroatoms. The van der Waals surface area contributed by atoms with Gasteiger partial charge in [0.15, 0.2) is 0 Å². The van der Waals surface area contributed by atoms with Gasteiger partial charge in [-0.15, -0.1) is 0 Å². The van der Waals surface area contributed by atoms with Crippen LogP contribution in [0.4, 0.5) is 0 Å². The van der Waals surface area contributed by atoms with Crippen molar-refractivity contribution in [3.05, 3.63) is 18.0 Å². The molecule has 0 aliphatic carbocycles. The second-order valence-corrected chi connectivity index (χ2v) is 5.48. The molecule has 0 fully saturated rings. The number of nitrogens with zero attached hydrogens (tertiary/aromatic N) is 2. The van der Waals surface area contributed by atoms with Crippen molar-refractivity contribution in [1.82, 2.24) is 8.87 Å². The summed E-state index contributed by atoms with van der Waals surface area (Å²) in [7, 11) is 0.903. The molecule has 0 unspecified atom stereocenters. The van der Waals surface area contributed by atoms with E-state index in [4.69, 9.17) is 5.73 Å². The van der Waals surface area contributed by atoms with E-state index in [9.17, 15) is 13.2 Å². The van der Waals surface area contributed by atoms with E-state index in [2.05, 4.69) is 0 Å². The third-order valence-electron chi connectivity index (χ3n) is 2.01. The normalized spacial score (nSPS) is 12.0. The van der Waals surface area contributed by atoms with Gasteiger partial charge in [0.05, 0.1) is 0 Å². The maximum absolute atomic E-state index is 11.7. The number of primary amides is 1. The SMILES string of the molecule is CN(C)S(=O)(=O)c1cc(C(N)=O)n(C)c1. The van der Waals surface area contributed by atoms with Crippen LogP contribution in [0.15, 0.2) is 17.2 Å². The minimum Gasteiger partial charge on any atom is -0.364 e. The Kier molecular flexibility index (Phi) is 2.87. The average Bonchev–Trinajstić information content (AvgIpc) is 2.47. The molecule has 0 saturated carbocycles. The topological polar surface area (TPSA) is 85.4 Å². The lowest BCUT2D eigenvalue weighted by atomic mass is 10.4. The van der Waals surface area contributed by atoms with Gasteiger partial charge in [-0.25, -0.2) is 12.7 Å². The first-order valence-electron chi connectivity index (χ1n) is 4.15. The lowest BCUT2D eigenvalue weighted by Gasteiger charge is -2.08. The summed E-state index contributed by atoms with van der Waals surface area (Å²) in [5, 5.41) is 0. The van der Waals surface area contributed by atoms with E-state index in [0.717, 1.165) is 4.31 Å². The van der Waals surface area contributed by atoms with Crippen molar-refractivity contribution in [3.63, 3.8) is 0 Å². The Bertz CT molecular complexity index is 487. The summed E-state index contributed by atoms with van der Waals surface area (Å²) in [6.07, 6.45) is 1.36. The smallest absolute Gasteiger partial charge is 0.265 e. The van der Waals surface area contributed by atoms with Crippen molar-refractivity contribution < 1.29 is 13.2 Å². The van der Waals surface area contributed by atoms with Crippen molar-refractivity contribution in [2.45, 2.75) is 4.90 Å². The second kappa shape index (κ2) is 3.67. The maximum Gasteiger partial charge on any atom is 0.265 e. The van der Waals surface area contributed by atoms with Crippen molar-refractivity contribution >= 4 is 15.9 Å². The third-order valence-corrected chi connectivity index (χ3v) is 3.79. The van der Waals surface area contributed by atoms with Crippen molar-refractivity contribution in [2.75, 3.05) is 14.1 Å². The Hall–Kier alpha value is -1.34. The van der Waals surface area contributed by atoms with Crippen LogP contribution in [0.5, 0.6) is 0 Å². The van der Waals surface area contributed by atoms with Gasteiger partial charge in [-0.05, 0) is 6.07 Å². The summed E-state index contributed by atoms with van der Waals surface area (Å²) in [6.45, 7) is 0. The number of rotatable bonds is 3. The van der Waals surface area contributed by atoms with Crippen LogP contribution >= 0.6 is 0 Å². The Balaban J connectivity index is 3.31. The van der Waals surface area contributed by atoms with E-state index >= 15 is 0 Å². The molecule has 15 heavy (non-hydrogen) atoms. The molecule has 1 aromatic heterocycles. The van der Waals surface area contributed by atoms with Gasteiger partial charge >= 0.3 is 0 Å². The number of carbonyl (C=O) groups is 1. The zero-order valence-electron chi connectivity index (χ0n) is 8.76. The summed E-state index contributed by atoms with van der Waals surface area (Å²) >= 11 is 0. The first kappa shape index (κ1) is 11.7. The largest absolute Gasteiger partial charge is 0.364 e. The Morgan fingerprint density at radius 2 is 2.00 bits per heavy atom. The highest BCUT2D eigenvalue weighted by Gasteiger charge is 2.21. The molecule has 0 aromatic carbocycles. The predicted octanol–water partition coefficient (Wildman–Crippen LogP) is -0.626. The summed E-state index contributed by atoms with van der Waals surface area (Å²) in [5.41, 5.74) is 5.24. The molecular weight excluding hydrogens is 218 g/mol.